The van der Waals surface area contributed by atoms with Gasteiger partial charge in [-0.3, -0.25) is 4.79 Å². The van der Waals surface area contributed by atoms with Gasteiger partial charge in [0.15, 0.2) is 0 Å². The third-order valence-corrected chi connectivity index (χ3v) is 8.17. The van der Waals surface area contributed by atoms with E-state index in [1.54, 1.807) is 6.07 Å². The fourth-order valence-electron chi connectivity index (χ4n) is 3.12. The number of nitrogens with one attached hydrogen (secondary N) is 1. The fourth-order valence-corrected chi connectivity index (χ4v) is 6.39. The summed E-state index contributed by atoms with van der Waals surface area (Å²) in [4.78, 5) is 14.6. The third-order valence-electron chi connectivity index (χ3n) is 4.56. The van der Waals surface area contributed by atoms with E-state index in [1.807, 2.05) is 42.3 Å². The summed E-state index contributed by atoms with van der Waals surface area (Å²) in [6.45, 7) is 1.43. The number of carbonyl (C=O) groups is 1. The van der Waals surface area contributed by atoms with E-state index in [2.05, 4.69) is 5.32 Å². The van der Waals surface area contributed by atoms with E-state index >= 15 is 0 Å². The monoisotopic (exact) mass is 427 g/mol. The molecule has 0 radical (unpaired) electrons. The van der Waals surface area contributed by atoms with Gasteiger partial charge in [-0.1, -0.05) is 29.8 Å². The molecule has 1 aliphatic rings. The maximum absolute atomic E-state index is 12.8. The van der Waals surface area contributed by atoms with Crippen LogP contribution in [0.1, 0.15) is 12.8 Å². The lowest BCUT2D eigenvalue weighted by Crippen LogP contribution is -2.47. The number of likely N-dealkylation sites (N-methyl/N-ethyl adjacent to an activating group) is 1. The highest BCUT2D eigenvalue weighted by atomic mass is 35.5. The van der Waals surface area contributed by atoms with Gasteiger partial charge in [0.25, 0.3) is 10.0 Å². The fraction of sp³-hybridized carbons (Fsp3) is 0.389. The van der Waals surface area contributed by atoms with Crippen LogP contribution in [0.15, 0.2) is 46.7 Å². The maximum atomic E-state index is 12.8. The zero-order chi connectivity index (χ0) is 19.4. The van der Waals surface area contributed by atoms with Crippen molar-refractivity contribution in [1.82, 2.24) is 9.62 Å². The number of hydrogen-bond donors (Lipinski definition) is 1. The number of anilines is 1. The van der Waals surface area contributed by atoms with E-state index in [0.717, 1.165) is 17.0 Å². The second-order valence-corrected chi connectivity index (χ2v) is 10.2. The summed E-state index contributed by atoms with van der Waals surface area (Å²) < 4.78 is 27.5. The topological polar surface area (TPSA) is 69.7 Å². The van der Waals surface area contributed by atoms with Gasteiger partial charge in [0.1, 0.15) is 10.3 Å². The normalized spacial score (nSPS) is 17.8. The van der Waals surface area contributed by atoms with E-state index in [9.17, 15) is 13.2 Å². The van der Waals surface area contributed by atoms with Crippen molar-refractivity contribution in [2.24, 2.45) is 0 Å². The summed E-state index contributed by atoms with van der Waals surface area (Å²) in [5.74, 6) is -0.250. The minimum absolute atomic E-state index is 0.177. The number of halogens is 1. The third kappa shape index (κ3) is 4.63. The van der Waals surface area contributed by atoms with Crippen molar-refractivity contribution >= 4 is 44.6 Å². The zero-order valence-electron chi connectivity index (χ0n) is 15.0. The molecular weight excluding hydrogens is 406 g/mol. The average molecular weight is 428 g/mol. The highest BCUT2D eigenvalue weighted by Gasteiger charge is 2.39. The van der Waals surface area contributed by atoms with Crippen molar-refractivity contribution in [2.45, 2.75) is 23.1 Å². The summed E-state index contributed by atoms with van der Waals surface area (Å²) >= 11 is 6.88. The van der Waals surface area contributed by atoms with E-state index in [4.69, 9.17) is 11.6 Å². The summed E-state index contributed by atoms with van der Waals surface area (Å²) in [5.41, 5.74) is 1.06. The van der Waals surface area contributed by atoms with E-state index < -0.39 is 16.1 Å². The summed E-state index contributed by atoms with van der Waals surface area (Å²) in [6.07, 6.45) is 1.19. The molecule has 0 saturated carbocycles. The van der Waals surface area contributed by atoms with E-state index in [1.165, 1.54) is 10.4 Å². The van der Waals surface area contributed by atoms with Crippen LogP contribution in [-0.2, 0) is 14.8 Å². The minimum Gasteiger partial charge on any atom is -0.373 e. The molecule has 1 amide bonds. The molecule has 2 aromatic rings. The Morgan fingerprint density at radius 1 is 1.30 bits per heavy atom. The lowest BCUT2D eigenvalue weighted by Gasteiger charge is -2.24. The molecule has 6 nitrogen and oxygen atoms in total. The summed E-state index contributed by atoms with van der Waals surface area (Å²) in [7, 11) is -1.75. The molecule has 1 N–H and O–H groups in total. The molecule has 1 atom stereocenters. The van der Waals surface area contributed by atoms with E-state index in [0.29, 0.717) is 36.8 Å². The smallest absolute Gasteiger partial charge is 0.253 e. The Kier molecular flexibility index (Phi) is 6.41. The predicted octanol–water partition coefficient (Wildman–Crippen LogP) is 2.81. The first-order valence-corrected chi connectivity index (χ1v) is 11.3. The molecule has 0 bridgehead atoms. The molecule has 0 aliphatic carbocycles. The van der Waals surface area contributed by atoms with Crippen LogP contribution in [0.25, 0.3) is 0 Å². The van der Waals surface area contributed by atoms with Crippen LogP contribution in [-0.4, -0.2) is 51.4 Å². The molecule has 146 valence electrons. The van der Waals surface area contributed by atoms with Gasteiger partial charge in [-0.15, -0.1) is 11.3 Å². The molecular formula is C18H22ClN3O3S2. The number of para-hydroxylation sites is 1. The molecule has 1 aromatic heterocycles. The Morgan fingerprint density at radius 2 is 2.04 bits per heavy atom. The maximum Gasteiger partial charge on any atom is 0.253 e. The molecule has 0 spiro atoms. The number of rotatable bonds is 7. The van der Waals surface area contributed by atoms with Crippen molar-refractivity contribution in [3.8, 4) is 0 Å². The molecule has 0 unspecified atom stereocenters. The number of thiophene rings is 1. The first kappa shape index (κ1) is 20.1. The van der Waals surface area contributed by atoms with Gasteiger partial charge in [-0.25, -0.2) is 8.42 Å². The van der Waals surface area contributed by atoms with Crippen molar-refractivity contribution in [3.05, 3.63) is 46.8 Å². The molecule has 1 aliphatic heterocycles. The van der Waals surface area contributed by atoms with Gasteiger partial charge in [-0.05, 0) is 37.1 Å². The zero-order valence-corrected chi connectivity index (χ0v) is 17.4. The second-order valence-electron chi connectivity index (χ2n) is 6.38. The Balaban J connectivity index is 1.59. The van der Waals surface area contributed by atoms with Crippen LogP contribution >= 0.6 is 22.9 Å². The first-order valence-electron chi connectivity index (χ1n) is 8.70. The first-order chi connectivity index (χ1) is 12.9. The lowest BCUT2D eigenvalue weighted by atomic mass is 10.2. The number of amides is 1. The number of sulfonamides is 1. The highest BCUT2D eigenvalue weighted by Crippen LogP contribution is 2.32. The van der Waals surface area contributed by atoms with Gasteiger partial charge in [-0.2, -0.15) is 4.31 Å². The summed E-state index contributed by atoms with van der Waals surface area (Å²) in [6, 6.07) is 12.3. The number of hydrogen-bond acceptors (Lipinski definition) is 5. The van der Waals surface area contributed by atoms with Crippen molar-refractivity contribution in [1.29, 1.82) is 0 Å². The van der Waals surface area contributed by atoms with Gasteiger partial charge in [0.05, 0.1) is 4.34 Å². The molecule has 3 rings (SSSR count). The Morgan fingerprint density at radius 3 is 2.70 bits per heavy atom. The van der Waals surface area contributed by atoms with Gasteiger partial charge >= 0.3 is 0 Å². The number of carbonyl (C=O) groups excluding carboxylic acids is 1. The largest absolute Gasteiger partial charge is 0.373 e. The Hall–Kier alpha value is -1.61. The van der Waals surface area contributed by atoms with Crippen molar-refractivity contribution in [2.75, 3.05) is 31.6 Å². The molecule has 1 aromatic carbocycles. The molecule has 27 heavy (non-hydrogen) atoms. The van der Waals surface area contributed by atoms with Gasteiger partial charge in [0, 0.05) is 32.4 Å². The summed E-state index contributed by atoms with van der Waals surface area (Å²) in [5, 5.41) is 2.87. The quantitative estimate of drug-likeness (QED) is 0.737. The van der Waals surface area contributed by atoms with Crippen molar-refractivity contribution in [3.63, 3.8) is 0 Å². The standard InChI is InChI=1S/C18H22ClN3O3S2/c1-21(14-6-3-2-4-7-14)13-11-20-18(23)15-8-5-12-22(15)27(24,25)17-10-9-16(19)26-17/h2-4,6-7,9-10,15H,5,8,11-13H2,1H3,(H,20,23)/t15-/m1/s1. The Bertz CT molecular complexity index is 886. The average Bonchev–Trinajstić information content (AvgIpc) is 3.32. The lowest BCUT2D eigenvalue weighted by molar-refractivity contribution is -0.124. The van der Waals surface area contributed by atoms with Crippen LogP contribution in [0.2, 0.25) is 4.34 Å². The van der Waals surface area contributed by atoms with Crippen LogP contribution in [0.4, 0.5) is 5.69 Å². The van der Waals surface area contributed by atoms with Gasteiger partial charge < -0.3 is 10.2 Å². The molecule has 2 heterocycles. The number of nitrogens with zero attached hydrogens (tertiary/aromatic N) is 2. The second kappa shape index (κ2) is 8.60. The van der Waals surface area contributed by atoms with Crippen LogP contribution in [0.3, 0.4) is 0 Å². The van der Waals surface area contributed by atoms with Crippen LogP contribution < -0.4 is 10.2 Å². The molecule has 1 fully saturated rings. The number of benzene rings is 1. The SMILES string of the molecule is CN(CCNC(=O)[C@H]1CCCN1S(=O)(=O)c1ccc(Cl)s1)c1ccccc1. The van der Waals surface area contributed by atoms with E-state index in [-0.39, 0.29) is 10.1 Å². The van der Waals surface area contributed by atoms with Crippen LogP contribution in [0.5, 0.6) is 0 Å². The highest BCUT2D eigenvalue weighted by molar-refractivity contribution is 7.91. The molecule has 1 saturated heterocycles. The van der Waals surface area contributed by atoms with Crippen LogP contribution in [0, 0.1) is 0 Å². The predicted molar refractivity (Wildman–Crippen MR) is 109 cm³/mol. The molecule has 9 heteroatoms. The van der Waals surface area contributed by atoms with Crippen molar-refractivity contribution < 1.29 is 13.2 Å². The van der Waals surface area contributed by atoms with Gasteiger partial charge in [0.2, 0.25) is 5.91 Å². The Labute approximate surface area is 168 Å². The minimum atomic E-state index is -3.70.